The Balaban J connectivity index is 2.13. The van der Waals surface area contributed by atoms with Crippen LogP contribution in [-0.2, 0) is 10.0 Å². The number of anilines is 1. The highest BCUT2D eigenvalue weighted by molar-refractivity contribution is 7.92. The third kappa shape index (κ3) is 5.14. The van der Waals surface area contributed by atoms with E-state index in [1.165, 1.54) is 0 Å². The minimum Gasteiger partial charge on any atom is -0.495 e. The molecule has 0 aliphatic carbocycles. The minimum absolute atomic E-state index is 0.0218. The maximum absolute atomic E-state index is 12.7. The van der Waals surface area contributed by atoms with Gasteiger partial charge in [-0.15, -0.1) is 0 Å². The van der Waals surface area contributed by atoms with Crippen LogP contribution in [0.5, 0.6) is 5.75 Å². The van der Waals surface area contributed by atoms with Crippen LogP contribution in [-0.4, -0.2) is 35.9 Å². The number of aryl methyl sites for hydroxylation is 2. The molecule has 2 rings (SSSR count). The molecule has 2 N–H and O–H groups in total. The molecule has 1 aromatic carbocycles. The molecule has 2 atom stereocenters. The minimum atomic E-state index is -3.74. The number of thiocarbonyl (C=S) groups is 1. The number of methoxy groups -OCH3 is 1. The Morgan fingerprint density at radius 1 is 1.19 bits per heavy atom. The summed E-state index contributed by atoms with van der Waals surface area (Å²) in [6, 6.07) is 5.49. The van der Waals surface area contributed by atoms with Gasteiger partial charge in [0, 0.05) is 18.3 Å². The van der Waals surface area contributed by atoms with Gasteiger partial charge in [-0.2, -0.15) is 0 Å². The fourth-order valence-corrected chi connectivity index (χ4v) is 4.05. The molecule has 7 nitrogen and oxygen atoms in total. The lowest BCUT2D eigenvalue weighted by atomic mass is 10.1. The normalized spacial score (nSPS) is 13.5. The van der Waals surface area contributed by atoms with Crippen molar-refractivity contribution in [2.45, 2.75) is 38.9 Å². The number of benzene rings is 1. The largest absolute Gasteiger partial charge is 0.495 e. The van der Waals surface area contributed by atoms with Crippen molar-refractivity contribution in [1.82, 2.24) is 14.7 Å². The van der Waals surface area contributed by atoms with Gasteiger partial charge in [0.1, 0.15) is 11.6 Å². The molecule has 9 heteroatoms. The van der Waals surface area contributed by atoms with Crippen molar-refractivity contribution >= 4 is 33.0 Å². The van der Waals surface area contributed by atoms with Crippen molar-refractivity contribution in [3.8, 4) is 5.75 Å². The molecule has 1 heterocycles. The van der Waals surface area contributed by atoms with E-state index in [-0.39, 0.29) is 5.11 Å². The lowest BCUT2D eigenvalue weighted by molar-refractivity contribution is 0.416. The highest BCUT2D eigenvalue weighted by Crippen LogP contribution is 2.27. The van der Waals surface area contributed by atoms with Crippen molar-refractivity contribution in [1.29, 1.82) is 0 Å². The van der Waals surface area contributed by atoms with Gasteiger partial charge in [-0.25, -0.2) is 18.4 Å². The molecule has 146 valence electrons. The molecule has 0 fully saturated rings. The molecule has 2 unspecified atom stereocenters. The molecule has 0 amide bonds. The smallest absolute Gasteiger partial charge is 0.237 e. The topological polar surface area (TPSA) is 93.2 Å². The summed E-state index contributed by atoms with van der Waals surface area (Å²) >= 11 is 5.20. The van der Waals surface area contributed by atoms with Crippen molar-refractivity contribution in [3.05, 3.63) is 47.5 Å². The van der Waals surface area contributed by atoms with E-state index < -0.39 is 21.2 Å². The summed E-state index contributed by atoms with van der Waals surface area (Å²) in [5.74, 6) is 0.642. The molecule has 2 aromatic rings. The molecule has 0 spiro atoms. The summed E-state index contributed by atoms with van der Waals surface area (Å²) in [6.07, 6.45) is 3.34. The highest BCUT2D eigenvalue weighted by atomic mass is 32.2. The van der Waals surface area contributed by atoms with Gasteiger partial charge in [-0.3, -0.25) is 4.72 Å². The first kappa shape index (κ1) is 21.0. The second-order valence-corrected chi connectivity index (χ2v) is 8.81. The van der Waals surface area contributed by atoms with Crippen LogP contribution in [0.4, 0.5) is 5.69 Å². The van der Waals surface area contributed by atoms with E-state index in [0.717, 1.165) is 11.1 Å². The first-order chi connectivity index (χ1) is 12.7. The van der Waals surface area contributed by atoms with Gasteiger partial charge in [0.05, 0.1) is 18.0 Å². The van der Waals surface area contributed by atoms with E-state index in [1.807, 2.05) is 26.0 Å². The third-order valence-electron chi connectivity index (χ3n) is 4.33. The highest BCUT2D eigenvalue weighted by Gasteiger charge is 2.30. The monoisotopic (exact) mass is 408 g/mol. The molecule has 0 aliphatic rings. The van der Waals surface area contributed by atoms with Gasteiger partial charge < -0.3 is 10.1 Å². The maximum atomic E-state index is 12.7. The summed E-state index contributed by atoms with van der Waals surface area (Å²) in [5.41, 5.74) is 2.41. The summed E-state index contributed by atoms with van der Waals surface area (Å²) in [5, 5.41) is 2.11. The summed E-state index contributed by atoms with van der Waals surface area (Å²) in [6.45, 7) is 7.13. The van der Waals surface area contributed by atoms with Gasteiger partial charge in [-0.1, -0.05) is 19.1 Å². The van der Waals surface area contributed by atoms with Crippen LogP contribution < -0.4 is 14.8 Å². The maximum Gasteiger partial charge on any atom is 0.237 e. The van der Waals surface area contributed by atoms with Crippen molar-refractivity contribution in [2.24, 2.45) is 0 Å². The Labute approximate surface area is 165 Å². The molecule has 27 heavy (non-hydrogen) atoms. The predicted molar refractivity (Wildman–Crippen MR) is 111 cm³/mol. The number of rotatable bonds is 6. The molecule has 0 bridgehead atoms. The second kappa shape index (κ2) is 8.62. The lowest BCUT2D eigenvalue weighted by Crippen LogP contribution is -2.41. The van der Waals surface area contributed by atoms with Gasteiger partial charge in [0.15, 0.2) is 5.11 Å². The Bertz CT molecular complexity index is 915. The number of para-hydroxylation sites is 1. The van der Waals surface area contributed by atoms with E-state index in [9.17, 15) is 8.42 Å². The fraction of sp³-hybridized carbons (Fsp3) is 0.389. The van der Waals surface area contributed by atoms with Gasteiger partial charge >= 0.3 is 0 Å². The predicted octanol–water partition coefficient (Wildman–Crippen LogP) is 2.91. The third-order valence-corrected chi connectivity index (χ3v) is 6.54. The number of ether oxygens (including phenoxy) is 1. The average molecular weight is 409 g/mol. The van der Waals surface area contributed by atoms with Gasteiger partial charge in [0.2, 0.25) is 10.0 Å². The molecule has 1 aromatic heterocycles. The zero-order chi connectivity index (χ0) is 20.2. The van der Waals surface area contributed by atoms with Crippen LogP contribution in [0.2, 0.25) is 0 Å². The van der Waals surface area contributed by atoms with Crippen LogP contribution in [0.1, 0.15) is 36.7 Å². The van der Waals surface area contributed by atoms with Crippen LogP contribution >= 0.6 is 12.2 Å². The summed E-state index contributed by atoms with van der Waals surface area (Å²) in [4.78, 5) is 8.45. The first-order valence-electron chi connectivity index (χ1n) is 8.40. The molecular formula is C18H24N4O3S2. The van der Waals surface area contributed by atoms with E-state index in [4.69, 9.17) is 17.0 Å². The quantitative estimate of drug-likeness (QED) is 0.710. The number of nitrogens with one attached hydrogen (secondary N) is 2. The van der Waals surface area contributed by atoms with Crippen LogP contribution in [0.15, 0.2) is 30.6 Å². The Morgan fingerprint density at radius 2 is 1.81 bits per heavy atom. The molecule has 0 aliphatic heterocycles. The number of hydrogen-bond acceptors (Lipinski definition) is 6. The fourth-order valence-electron chi connectivity index (χ4n) is 2.45. The molecule has 0 radical (unpaired) electrons. The zero-order valence-corrected chi connectivity index (χ0v) is 17.6. The standard InChI is InChI=1S/C18H24N4O3S2/c1-11-9-19-17(20-10-11)13(3)14(4)27(23,24)22-18(26)21-16-12(2)7-6-8-15(16)25-5/h6-10,13-14H,1-5H3,(H2,21,22,26). The Hall–Kier alpha value is -2.26. The van der Waals surface area contributed by atoms with E-state index in [2.05, 4.69) is 20.0 Å². The Morgan fingerprint density at radius 3 is 2.41 bits per heavy atom. The SMILES string of the molecule is COc1cccc(C)c1NC(=S)NS(=O)(=O)C(C)C(C)c1ncc(C)cn1. The van der Waals surface area contributed by atoms with Crippen LogP contribution in [0, 0.1) is 13.8 Å². The Kier molecular flexibility index (Phi) is 6.72. The van der Waals surface area contributed by atoms with E-state index >= 15 is 0 Å². The second-order valence-electron chi connectivity index (χ2n) is 6.37. The van der Waals surface area contributed by atoms with E-state index in [0.29, 0.717) is 17.3 Å². The first-order valence-corrected chi connectivity index (χ1v) is 10.4. The van der Waals surface area contributed by atoms with Gasteiger partial charge in [0.25, 0.3) is 0 Å². The number of sulfonamides is 1. The average Bonchev–Trinajstić information content (AvgIpc) is 2.62. The molecule has 0 saturated carbocycles. The molecular weight excluding hydrogens is 384 g/mol. The van der Waals surface area contributed by atoms with Crippen molar-refractivity contribution in [3.63, 3.8) is 0 Å². The van der Waals surface area contributed by atoms with E-state index in [1.54, 1.807) is 39.4 Å². The summed E-state index contributed by atoms with van der Waals surface area (Å²) < 4.78 is 33.2. The summed E-state index contributed by atoms with van der Waals surface area (Å²) in [7, 11) is -2.20. The van der Waals surface area contributed by atoms with Crippen LogP contribution in [0.25, 0.3) is 0 Å². The number of hydrogen-bond donors (Lipinski definition) is 2. The zero-order valence-electron chi connectivity index (χ0n) is 16.0. The van der Waals surface area contributed by atoms with Gasteiger partial charge in [-0.05, 0) is 50.2 Å². The van der Waals surface area contributed by atoms with Crippen molar-refractivity contribution < 1.29 is 13.2 Å². The number of aromatic nitrogens is 2. The molecule has 0 saturated heterocycles. The van der Waals surface area contributed by atoms with Crippen LogP contribution in [0.3, 0.4) is 0 Å². The van der Waals surface area contributed by atoms with Crippen molar-refractivity contribution in [2.75, 3.05) is 12.4 Å². The lowest BCUT2D eigenvalue weighted by Gasteiger charge is -2.21. The number of nitrogens with zero attached hydrogens (tertiary/aromatic N) is 2.